The Morgan fingerprint density at radius 1 is 0.973 bits per heavy atom. The third-order valence-corrected chi connectivity index (χ3v) is 6.48. The number of aromatic nitrogens is 1. The molecule has 1 aromatic heterocycles. The van der Waals surface area contributed by atoms with Gasteiger partial charge in [0, 0.05) is 33.4 Å². The van der Waals surface area contributed by atoms with Crippen molar-refractivity contribution in [1.82, 2.24) is 9.88 Å². The van der Waals surface area contributed by atoms with Crippen molar-refractivity contribution in [2.75, 3.05) is 10.2 Å². The highest BCUT2D eigenvalue weighted by atomic mass is 35.5. The number of barbiturate groups is 1. The van der Waals surface area contributed by atoms with E-state index in [9.17, 15) is 19.2 Å². The van der Waals surface area contributed by atoms with Gasteiger partial charge in [-0.3, -0.25) is 19.7 Å². The van der Waals surface area contributed by atoms with Crippen LogP contribution in [-0.2, 0) is 20.9 Å². The van der Waals surface area contributed by atoms with Gasteiger partial charge >= 0.3 is 6.03 Å². The van der Waals surface area contributed by atoms with Crippen LogP contribution in [0.25, 0.3) is 17.0 Å². The minimum Gasteiger partial charge on any atom is -0.337 e. The molecule has 8 nitrogen and oxygen atoms in total. The number of rotatable bonds is 5. The van der Waals surface area contributed by atoms with Gasteiger partial charge in [0.1, 0.15) is 12.1 Å². The maximum absolute atomic E-state index is 13.4. The standard InChI is InChI=1S/C28H21ClN4O4/c1-17-22(29)11-7-13-23(17)33-27(36)21(26(35)31-28(33)37)14-18-15-32(24-12-6-5-10-20(18)24)16-25(34)30-19-8-3-2-4-9-19/h2-15H,16H2,1H3,(H,30,34)(H,31,35,37)/b21-14+. The van der Waals surface area contributed by atoms with Gasteiger partial charge in [-0.2, -0.15) is 0 Å². The molecule has 1 saturated heterocycles. The van der Waals surface area contributed by atoms with Crippen molar-refractivity contribution in [2.45, 2.75) is 13.5 Å². The fraction of sp³-hybridized carbons (Fsp3) is 0.0714. The molecule has 0 bridgehead atoms. The number of carbonyl (C=O) groups excluding carboxylic acids is 4. The number of urea groups is 1. The van der Waals surface area contributed by atoms with E-state index >= 15 is 0 Å². The second-order valence-corrected chi connectivity index (χ2v) is 8.89. The lowest BCUT2D eigenvalue weighted by Gasteiger charge is -2.27. The topological polar surface area (TPSA) is 101 Å². The molecule has 184 valence electrons. The first-order chi connectivity index (χ1) is 17.8. The minimum absolute atomic E-state index is 0.0189. The number of hydrogen-bond acceptors (Lipinski definition) is 4. The summed E-state index contributed by atoms with van der Waals surface area (Å²) >= 11 is 6.20. The predicted octanol–water partition coefficient (Wildman–Crippen LogP) is 4.91. The molecule has 5 amide bonds. The number of halogens is 1. The fourth-order valence-corrected chi connectivity index (χ4v) is 4.44. The number of para-hydroxylation sites is 2. The van der Waals surface area contributed by atoms with Crippen molar-refractivity contribution in [3.8, 4) is 0 Å². The molecule has 1 aliphatic heterocycles. The lowest BCUT2D eigenvalue weighted by Crippen LogP contribution is -2.54. The summed E-state index contributed by atoms with van der Waals surface area (Å²) in [5.74, 6) is -1.80. The molecule has 37 heavy (non-hydrogen) atoms. The second kappa shape index (κ2) is 9.75. The van der Waals surface area contributed by atoms with Crippen LogP contribution in [0.15, 0.2) is 84.6 Å². The van der Waals surface area contributed by atoms with Crippen LogP contribution < -0.4 is 15.5 Å². The van der Waals surface area contributed by atoms with Crippen LogP contribution in [0.5, 0.6) is 0 Å². The Morgan fingerprint density at radius 2 is 1.70 bits per heavy atom. The van der Waals surface area contributed by atoms with E-state index in [1.54, 1.807) is 48.0 Å². The summed E-state index contributed by atoms with van der Waals surface area (Å²) in [6, 6.07) is 20.5. The summed E-state index contributed by atoms with van der Waals surface area (Å²) in [5, 5.41) is 6.21. The number of benzene rings is 3. The zero-order valence-corrected chi connectivity index (χ0v) is 20.5. The van der Waals surface area contributed by atoms with Gasteiger partial charge in [-0.1, -0.05) is 54.1 Å². The average molecular weight is 513 g/mol. The predicted molar refractivity (Wildman–Crippen MR) is 142 cm³/mol. The Bertz CT molecular complexity index is 1610. The van der Waals surface area contributed by atoms with E-state index in [0.29, 0.717) is 21.8 Å². The molecule has 0 unspecified atom stereocenters. The number of fused-ring (bicyclic) bond motifs is 1. The number of hydrogen-bond donors (Lipinski definition) is 2. The third-order valence-electron chi connectivity index (χ3n) is 6.07. The van der Waals surface area contributed by atoms with E-state index in [2.05, 4.69) is 10.6 Å². The van der Waals surface area contributed by atoms with Gasteiger partial charge in [-0.15, -0.1) is 0 Å². The van der Waals surface area contributed by atoms with Crippen LogP contribution in [0.4, 0.5) is 16.2 Å². The van der Waals surface area contributed by atoms with Crippen LogP contribution in [0.3, 0.4) is 0 Å². The van der Waals surface area contributed by atoms with Crippen molar-refractivity contribution in [3.63, 3.8) is 0 Å². The average Bonchev–Trinajstić information content (AvgIpc) is 3.21. The molecule has 1 aliphatic rings. The lowest BCUT2D eigenvalue weighted by atomic mass is 10.1. The molecular formula is C28H21ClN4O4. The lowest BCUT2D eigenvalue weighted by molar-refractivity contribution is -0.122. The summed E-state index contributed by atoms with van der Waals surface area (Å²) in [6.45, 7) is 1.71. The largest absolute Gasteiger partial charge is 0.337 e. The van der Waals surface area contributed by atoms with E-state index in [1.165, 1.54) is 6.08 Å². The highest BCUT2D eigenvalue weighted by Gasteiger charge is 2.37. The van der Waals surface area contributed by atoms with Gasteiger partial charge in [0.2, 0.25) is 5.91 Å². The van der Waals surface area contributed by atoms with Crippen LogP contribution in [-0.4, -0.2) is 28.3 Å². The zero-order chi connectivity index (χ0) is 26.1. The molecule has 0 aliphatic carbocycles. The summed E-state index contributed by atoms with van der Waals surface area (Å²) in [5.41, 5.74) is 2.59. The minimum atomic E-state index is -0.850. The van der Waals surface area contributed by atoms with Crippen LogP contribution in [0.2, 0.25) is 5.02 Å². The number of imide groups is 2. The van der Waals surface area contributed by atoms with Crippen LogP contribution in [0.1, 0.15) is 11.1 Å². The van der Waals surface area contributed by atoms with Crippen LogP contribution >= 0.6 is 11.6 Å². The van der Waals surface area contributed by atoms with Gasteiger partial charge in [0.15, 0.2) is 0 Å². The first-order valence-corrected chi connectivity index (χ1v) is 11.8. The monoisotopic (exact) mass is 512 g/mol. The number of anilines is 2. The molecule has 3 aromatic carbocycles. The molecule has 0 saturated carbocycles. The van der Waals surface area contributed by atoms with Crippen molar-refractivity contribution in [2.24, 2.45) is 0 Å². The smallest absolute Gasteiger partial charge is 0.335 e. The third kappa shape index (κ3) is 4.62. The fourth-order valence-electron chi connectivity index (χ4n) is 4.27. The number of nitrogens with zero attached hydrogens (tertiary/aromatic N) is 2. The summed E-state index contributed by atoms with van der Waals surface area (Å²) in [4.78, 5) is 52.4. The van der Waals surface area contributed by atoms with Crippen molar-refractivity contribution >= 4 is 63.7 Å². The first kappa shape index (κ1) is 24.0. The Hall–Kier alpha value is -4.69. The molecule has 2 N–H and O–H groups in total. The van der Waals surface area contributed by atoms with Gasteiger partial charge in [0.25, 0.3) is 11.8 Å². The summed E-state index contributed by atoms with van der Waals surface area (Å²) in [6.07, 6.45) is 3.14. The van der Waals surface area contributed by atoms with E-state index < -0.39 is 17.8 Å². The highest BCUT2D eigenvalue weighted by Crippen LogP contribution is 2.30. The van der Waals surface area contributed by atoms with Crippen molar-refractivity contribution in [1.29, 1.82) is 0 Å². The highest BCUT2D eigenvalue weighted by molar-refractivity contribution is 6.40. The normalized spacial score (nSPS) is 14.8. The number of carbonyl (C=O) groups is 4. The Morgan fingerprint density at radius 3 is 2.49 bits per heavy atom. The van der Waals surface area contributed by atoms with E-state index in [-0.39, 0.29) is 23.7 Å². The van der Waals surface area contributed by atoms with E-state index in [1.807, 2.05) is 42.5 Å². The van der Waals surface area contributed by atoms with Gasteiger partial charge in [-0.05, 0) is 48.9 Å². The number of amides is 5. The molecule has 5 rings (SSSR count). The SMILES string of the molecule is Cc1c(Cl)cccc1N1C(=O)NC(=O)/C(=C\c2cn(CC(=O)Nc3ccccc3)c3ccccc23)C1=O. The molecule has 1 fully saturated rings. The quantitative estimate of drug-likeness (QED) is 0.293. The maximum Gasteiger partial charge on any atom is 0.335 e. The molecule has 0 spiro atoms. The van der Waals surface area contributed by atoms with Crippen LogP contribution in [0, 0.1) is 6.92 Å². The molecule has 0 radical (unpaired) electrons. The second-order valence-electron chi connectivity index (χ2n) is 8.49. The summed E-state index contributed by atoms with van der Waals surface area (Å²) in [7, 11) is 0. The Labute approximate surface area is 217 Å². The zero-order valence-electron chi connectivity index (χ0n) is 19.7. The van der Waals surface area contributed by atoms with Gasteiger partial charge < -0.3 is 9.88 Å². The Balaban J connectivity index is 1.51. The molecule has 9 heteroatoms. The molecule has 4 aromatic rings. The molecule has 2 heterocycles. The Kier molecular flexibility index (Phi) is 6.33. The van der Waals surface area contributed by atoms with E-state index in [4.69, 9.17) is 11.6 Å². The van der Waals surface area contributed by atoms with Gasteiger partial charge in [-0.25, -0.2) is 9.69 Å². The molecular weight excluding hydrogens is 492 g/mol. The van der Waals surface area contributed by atoms with Crippen molar-refractivity contribution in [3.05, 3.63) is 101 Å². The van der Waals surface area contributed by atoms with Crippen molar-refractivity contribution < 1.29 is 19.2 Å². The van der Waals surface area contributed by atoms with E-state index in [0.717, 1.165) is 15.8 Å². The molecule has 0 atom stereocenters. The van der Waals surface area contributed by atoms with Gasteiger partial charge in [0.05, 0.1) is 5.69 Å². The maximum atomic E-state index is 13.4. The first-order valence-electron chi connectivity index (χ1n) is 11.4. The number of nitrogens with one attached hydrogen (secondary N) is 2. The summed E-state index contributed by atoms with van der Waals surface area (Å²) < 4.78 is 1.75.